The van der Waals surface area contributed by atoms with Crippen LogP contribution in [0.3, 0.4) is 0 Å². The van der Waals surface area contributed by atoms with Crippen LogP contribution in [0.5, 0.6) is 0 Å². The van der Waals surface area contributed by atoms with E-state index in [2.05, 4.69) is 13.8 Å². The molecule has 1 aliphatic rings. The highest BCUT2D eigenvalue weighted by Crippen LogP contribution is 2.18. The topological polar surface area (TPSA) is 0 Å². The second kappa shape index (κ2) is 2.77. The highest BCUT2D eigenvalue weighted by atomic mass is 32.2. The summed E-state index contributed by atoms with van der Waals surface area (Å²) < 4.78 is 0. The third-order valence-electron chi connectivity index (χ3n) is 1.83. The minimum atomic E-state index is 0.836. The highest BCUT2D eigenvalue weighted by molar-refractivity contribution is 7.97. The summed E-state index contributed by atoms with van der Waals surface area (Å²) in [5, 5.41) is 0. The zero-order chi connectivity index (χ0) is 5.98. The monoisotopic (exact) mass is 131 g/mol. The quantitative estimate of drug-likeness (QED) is 0.475. The molecule has 48 valence electrons. The molecule has 0 N–H and O–H groups in total. The van der Waals surface area contributed by atoms with Crippen molar-refractivity contribution in [1.82, 2.24) is 0 Å². The van der Waals surface area contributed by atoms with Crippen LogP contribution in [0, 0.1) is 5.92 Å². The first-order chi connectivity index (χ1) is 3.83. The van der Waals surface area contributed by atoms with E-state index in [1.54, 1.807) is 0 Å². The van der Waals surface area contributed by atoms with E-state index in [0.29, 0.717) is 0 Å². The van der Waals surface area contributed by atoms with Crippen LogP contribution in [0.15, 0.2) is 0 Å². The maximum absolute atomic E-state index is 2.38. The average Bonchev–Trinajstić information content (AvgIpc) is 2.14. The van der Waals surface area contributed by atoms with Gasteiger partial charge >= 0.3 is 0 Å². The first-order valence-electron chi connectivity index (χ1n) is 3.47. The fourth-order valence-corrected chi connectivity index (χ4v) is 3.60. The Morgan fingerprint density at radius 3 is 2.62 bits per heavy atom. The molecule has 1 heterocycles. The summed E-state index contributed by atoms with van der Waals surface area (Å²) in [5.41, 5.74) is 0. The van der Waals surface area contributed by atoms with Crippen molar-refractivity contribution in [3.8, 4) is 0 Å². The Labute approximate surface area is 55.0 Å². The lowest BCUT2D eigenvalue weighted by atomic mass is 10.2. The lowest BCUT2D eigenvalue weighted by Crippen LogP contribution is -2.06. The van der Waals surface area contributed by atoms with Crippen molar-refractivity contribution in [3.63, 3.8) is 0 Å². The van der Waals surface area contributed by atoms with Gasteiger partial charge in [-0.05, 0) is 24.2 Å². The maximum Gasteiger partial charge on any atom is 0.110 e. The molecule has 1 saturated heterocycles. The summed E-state index contributed by atoms with van der Waals surface area (Å²) in [7, 11) is 0.836. The van der Waals surface area contributed by atoms with E-state index >= 15 is 0 Å². The van der Waals surface area contributed by atoms with E-state index in [9.17, 15) is 0 Å². The number of rotatable bonds is 1. The van der Waals surface area contributed by atoms with Gasteiger partial charge in [-0.2, -0.15) is 0 Å². The molecule has 1 heteroatoms. The summed E-state index contributed by atoms with van der Waals surface area (Å²) in [5.74, 6) is 5.52. The van der Waals surface area contributed by atoms with Crippen LogP contribution in [-0.4, -0.2) is 17.3 Å². The number of hydrogen-bond acceptors (Lipinski definition) is 0. The smallest absolute Gasteiger partial charge is 0.0578 e. The molecule has 1 unspecified atom stereocenters. The van der Waals surface area contributed by atoms with Crippen molar-refractivity contribution in [2.75, 3.05) is 17.3 Å². The van der Waals surface area contributed by atoms with Gasteiger partial charge in [-0.25, -0.2) is 0 Å². The Balaban J connectivity index is 2.22. The molecular weight excluding hydrogens is 116 g/mol. The fraction of sp³-hybridized carbons (Fsp3) is 1.00. The Kier molecular flexibility index (Phi) is 2.24. The first-order valence-corrected chi connectivity index (χ1v) is 5.20. The minimum absolute atomic E-state index is 0.836. The van der Waals surface area contributed by atoms with Gasteiger partial charge in [0.15, 0.2) is 0 Å². The molecule has 0 spiro atoms. The molecule has 2 atom stereocenters. The van der Waals surface area contributed by atoms with Crippen molar-refractivity contribution < 1.29 is 0 Å². The van der Waals surface area contributed by atoms with Crippen LogP contribution >= 0.6 is 0 Å². The van der Waals surface area contributed by atoms with Crippen LogP contribution in [0.25, 0.3) is 0 Å². The van der Waals surface area contributed by atoms with Gasteiger partial charge in [0.25, 0.3) is 0 Å². The van der Waals surface area contributed by atoms with Gasteiger partial charge in [0.1, 0.15) is 17.3 Å². The van der Waals surface area contributed by atoms with Gasteiger partial charge in [-0.1, -0.05) is 6.92 Å². The first kappa shape index (κ1) is 6.47. The van der Waals surface area contributed by atoms with E-state index in [4.69, 9.17) is 0 Å². The molecule has 0 saturated carbocycles. The predicted molar refractivity (Wildman–Crippen MR) is 41.4 cm³/mol. The molecule has 0 aromatic heterocycles. The van der Waals surface area contributed by atoms with Crippen LogP contribution in [0.1, 0.15) is 20.3 Å². The standard InChI is InChI=1S/C7H15S/c1-3-8-5-4-7(2)6-8/h7H,3-6H2,1-2H3/q+1/t7-,8?/m1/s1. The third-order valence-corrected chi connectivity index (χ3v) is 4.50. The molecule has 0 aliphatic carbocycles. The molecule has 0 bridgehead atoms. The lowest BCUT2D eigenvalue weighted by Gasteiger charge is -1.93. The molecule has 1 aliphatic heterocycles. The Hall–Kier alpha value is 0.350. The highest BCUT2D eigenvalue weighted by Gasteiger charge is 2.27. The van der Waals surface area contributed by atoms with E-state index in [1.165, 1.54) is 23.7 Å². The largest absolute Gasteiger partial charge is 0.110 e. The molecule has 0 nitrogen and oxygen atoms in total. The van der Waals surface area contributed by atoms with Gasteiger partial charge < -0.3 is 0 Å². The summed E-state index contributed by atoms with van der Waals surface area (Å²) in [4.78, 5) is 0. The SMILES string of the molecule is CC[S+]1CC[C@@H](C)C1. The molecule has 0 aromatic rings. The second-order valence-electron chi connectivity index (χ2n) is 2.67. The van der Waals surface area contributed by atoms with E-state index in [1.807, 2.05) is 0 Å². The molecule has 0 radical (unpaired) electrons. The van der Waals surface area contributed by atoms with Crippen LogP contribution in [0.4, 0.5) is 0 Å². The van der Waals surface area contributed by atoms with Gasteiger partial charge in [0, 0.05) is 5.92 Å². The van der Waals surface area contributed by atoms with Crippen molar-refractivity contribution in [2.45, 2.75) is 20.3 Å². The molecule has 8 heavy (non-hydrogen) atoms. The summed E-state index contributed by atoms with van der Waals surface area (Å²) in [6.07, 6.45) is 1.50. The van der Waals surface area contributed by atoms with Crippen molar-refractivity contribution in [3.05, 3.63) is 0 Å². The number of hydrogen-bond donors (Lipinski definition) is 0. The van der Waals surface area contributed by atoms with Gasteiger partial charge in [0.2, 0.25) is 0 Å². The summed E-state index contributed by atoms with van der Waals surface area (Å²) >= 11 is 0. The fourth-order valence-electron chi connectivity index (χ4n) is 1.20. The van der Waals surface area contributed by atoms with Crippen molar-refractivity contribution >= 4 is 10.9 Å². The molecule has 1 fully saturated rings. The molecule has 0 amide bonds. The lowest BCUT2D eigenvalue weighted by molar-refractivity contribution is 0.669. The second-order valence-corrected chi connectivity index (χ2v) is 5.21. The van der Waals surface area contributed by atoms with Crippen LogP contribution in [-0.2, 0) is 10.9 Å². The Morgan fingerprint density at radius 2 is 2.38 bits per heavy atom. The zero-order valence-corrected chi connectivity index (χ0v) is 6.63. The minimum Gasteiger partial charge on any atom is -0.0578 e. The summed E-state index contributed by atoms with van der Waals surface area (Å²) in [6, 6.07) is 0. The van der Waals surface area contributed by atoms with Crippen LogP contribution < -0.4 is 0 Å². The third kappa shape index (κ3) is 1.41. The van der Waals surface area contributed by atoms with Crippen LogP contribution in [0.2, 0.25) is 0 Å². The van der Waals surface area contributed by atoms with Gasteiger partial charge in [-0.3, -0.25) is 0 Å². The van der Waals surface area contributed by atoms with Gasteiger partial charge in [0.05, 0.1) is 0 Å². The van der Waals surface area contributed by atoms with E-state index in [0.717, 1.165) is 16.8 Å². The van der Waals surface area contributed by atoms with Crippen molar-refractivity contribution in [1.29, 1.82) is 0 Å². The predicted octanol–water partition coefficient (Wildman–Crippen LogP) is 1.66. The average molecular weight is 131 g/mol. The van der Waals surface area contributed by atoms with Gasteiger partial charge in [-0.15, -0.1) is 0 Å². The maximum atomic E-state index is 2.38. The summed E-state index contributed by atoms with van der Waals surface area (Å²) in [6.45, 7) is 4.70. The zero-order valence-electron chi connectivity index (χ0n) is 5.81. The molecule has 0 aromatic carbocycles. The van der Waals surface area contributed by atoms with E-state index < -0.39 is 0 Å². The Morgan fingerprint density at radius 1 is 1.62 bits per heavy atom. The van der Waals surface area contributed by atoms with E-state index in [-0.39, 0.29) is 0 Å². The Bertz CT molecular complexity index is 70.8. The van der Waals surface area contributed by atoms with Crippen molar-refractivity contribution in [2.24, 2.45) is 5.92 Å². The molecular formula is C7H15S+. The molecule has 1 rings (SSSR count). The normalized spacial score (nSPS) is 38.2.